The molecule has 2 aromatic heterocycles. The Bertz CT molecular complexity index is 1040. The van der Waals surface area contributed by atoms with Crippen LogP contribution < -0.4 is 4.72 Å². The van der Waals surface area contributed by atoms with Gasteiger partial charge in [-0.2, -0.15) is 0 Å². The summed E-state index contributed by atoms with van der Waals surface area (Å²) in [6, 6.07) is 4.99. The van der Waals surface area contributed by atoms with Gasteiger partial charge in [0.1, 0.15) is 11.6 Å². The Labute approximate surface area is 153 Å². The van der Waals surface area contributed by atoms with Crippen molar-refractivity contribution in [3.05, 3.63) is 36.4 Å². The molecule has 0 radical (unpaired) electrons. The molecule has 0 saturated carbocycles. The molecule has 0 saturated heterocycles. The Hall–Kier alpha value is -2.32. The minimum Gasteiger partial charge on any atom is -0.321 e. The van der Waals surface area contributed by atoms with Gasteiger partial charge in [-0.25, -0.2) is 28.1 Å². The molecule has 8 heteroatoms. The first kappa shape index (κ1) is 18.5. The Morgan fingerprint density at radius 2 is 1.73 bits per heavy atom. The van der Waals surface area contributed by atoms with Crippen LogP contribution in [0, 0.1) is 6.92 Å². The maximum Gasteiger partial charge on any atom is 0.240 e. The molecule has 2 heterocycles. The third-order valence-corrected chi connectivity index (χ3v) is 5.57. The number of nitrogens with one attached hydrogen (secondary N) is 1. The summed E-state index contributed by atoms with van der Waals surface area (Å²) < 4.78 is 29.6. The van der Waals surface area contributed by atoms with Gasteiger partial charge in [0, 0.05) is 24.5 Å². The number of imidazole rings is 1. The van der Waals surface area contributed by atoms with Crippen LogP contribution in [0.1, 0.15) is 39.6 Å². The van der Waals surface area contributed by atoms with E-state index in [-0.39, 0.29) is 17.0 Å². The second-order valence-electron chi connectivity index (χ2n) is 6.84. The first-order chi connectivity index (χ1) is 12.2. The first-order valence-corrected chi connectivity index (χ1v) is 10.0. The smallest absolute Gasteiger partial charge is 0.240 e. The van der Waals surface area contributed by atoms with E-state index in [1.807, 2.05) is 6.92 Å². The molecule has 0 aliphatic rings. The molecule has 7 nitrogen and oxygen atoms in total. The van der Waals surface area contributed by atoms with Crippen LogP contribution in [0.15, 0.2) is 35.5 Å². The summed E-state index contributed by atoms with van der Waals surface area (Å²) in [5.74, 6) is 1.41. The van der Waals surface area contributed by atoms with E-state index in [4.69, 9.17) is 0 Å². The molecule has 3 aromatic rings. The van der Waals surface area contributed by atoms with Gasteiger partial charge in [0.25, 0.3) is 0 Å². The van der Waals surface area contributed by atoms with Crippen LogP contribution >= 0.6 is 0 Å². The van der Waals surface area contributed by atoms with Gasteiger partial charge in [-0.3, -0.25) is 0 Å². The maximum atomic E-state index is 12.5. The number of nitrogens with zero attached hydrogens (tertiary/aromatic N) is 4. The summed E-state index contributed by atoms with van der Waals surface area (Å²) in [6.07, 6.45) is 3.47. The van der Waals surface area contributed by atoms with Crippen LogP contribution in [0.2, 0.25) is 0 Å². The van der Waals surface area contributed by atoms with Gasteiger partial charge in [-0.15, -0.1) is 0 Å². The zero-order valence-corrected chi connectivity index (χ0v) is 16.4. The van der Waals surface area contributed by atoms with Gasteiger partial charge in [0.2, 0.25) is 10.0 Å². The molecule has 1 aromatic carbocycles. The third kappa shape index (κ3) is 3.47. The highest BCUT2D eigenvalue weighted by Crippen LogP contribution is 2.29. The van der Waals surface area contributed by atoms with Crippen LogP contribution in [0.25, 0.3) is 22.4 Å². The molecule has 0 amide bonds. The molecule has 0 fully saturated rings. The highest BCUT2D eigenvalue weighted by atomic mass is 32.2. The average Bonchev–Trinajstić information content (AvgIpc) is 2.93. The van der Waals surface area contributed by atoms with Crippen molar-refractivity contribution in [2.24, 2.45) is 0 Å². The fourth-order valence-corrected chi connectivity index (χ4v) is 4.13. The molecule has 0 bridgehead atoms. The van der Waals surface area contributed by atoms with E-state index in [9.17, 15) is 8.42 Å². The average molecular weight is 373 g/mol. The summed E-state index contributed by atoms with van der Waals surface area (Å²) >= 11 is 0. The summed E-state index contributed by atoms with van der Waals surface area (Å²) in [6.45, 7) is 9.53. The van der Waals surface area contributed by atoms with Crippen LogP contribution in [0.3, 0.4) is 0 Å². The zero-order chi connectivity index (χ0) is 19.1. The molecule has 1 N–H and O–H groups in total. The monoisotopic (exact) mass is 373 g/mol. The van der Waals surface area contributed by atoms with E-state index >= 15 is 0 Å². The Morgan fingerprint density at radius 3 is 2.31 bits per heavy atom. The molecule has 0 spiro atoms. The number of sulfonamides is 1. The van der Waals surface area contributed by atoms with Crippen molar-refractivity contribution in [3.63, 3.8) is 0 Å². The van der Waals surface area contributed by atoms with Gasteiger partial charge in [-0.05, 0) is 52.8 Å². The van der Waals surface area contributed by atoms with Crippen LogP contribution in [0.4, 0.5) is 0 Å². The normalized spacial score (nSPS) is 12.4. The molecule has 138 valence electrons. The fourth-order valence-electron chi connectivity index (χ4n) is 2.86. The highest BCUT2D eigenvalue weighted by Gasteiger charge is 2.20. The summed E-state index contributed by atoms with van der Waals surface area (Å²) in [7, 11) is -3.57. The Morgan fingerprint density at radius 1 is 1.08 bits per heavy atom. The van der Waals surface area contributed by atoms with Gasteiger partial charge in [0.15, 0.2) is 0 Å². The predicted octanol–water partition coefficient (Wildman–Crippen LogP) is 3.07. The lowest BCUT2D eigenvalue weighted by Crippen LogP contribution is -2.30. The SMILES string of the molecule is Cc1ncc(-c2nc3cc(S(=O)(=O)NC(C)C)ccc3n2C(C)C)cn1. The number of rotatable bonds is 5. The minimum absolute atomic E-state index is 0.146. The van der Waals surface area contributed by atoms with Crippen LogP contribution in [0.5, 0.6) is 0 Å². The van der Waals surface area contributed by atoms with Gasteiger partial charge >= 0.3 is 0 Å². The van der Waals surface area contributed by atoms with Crippen LogP contribution in [-0.4, -0.2) is 34.0 Å². The lowest BCUT2D eigenvalue weighted by molar-refractivity contribution is 0.570. The van der Waals surface area contributed by atoms with Crippen molar-refractivity contribution < 1.29 is 8.42 Å². The zero-order valence-electron chi connectivity index (χ0n) is 15.6. The molecule has 26 heavy (non-hydrogen) atoms. The Kier molecular flexibility index (Phi) is 4.81. The Balaban J connectivity index is 2.18. The predicted molar refractivity (Wildman–Crippen MR) is 101 cm³/mol. The first-order valence-electron chi connectivity index (χ1n) is 8.52. The fraction of sp³-hybridized carbons (Fsp3) is 0.389. The van der Waals surface area contributed by atoms with Crippen molar-refractivity contribution >= 4 is 21.1 Å². The van der Waals surface area contributed by atoms with E-state index in [0.717, 1.165) is 16.9 Å². The number of fused-ring (bicyclic) bond motifs is 1. The molecular formula is C18H23N5O2S. The number of hydrogen-bond donors (Lipinski definition) is 1. The molecule has 0 aliphatic carbocycles. The molecule has 0 aliphatic heterocycles. The van der Waals surface area contributed by atoms with Crippen LogP contribution in [-0.2, 0) is 10.0 Å². The third-order valence-electron chi connectivity index (χ3n) is 3.92. The van der Waals surface area contributed by atoms with Gasteiger partial charge in [-0.1, -0.05) is 0 Å². The summed E-state index contributed by atoms with van der Waals surface area (Å²) in [5, 5.41) is 0. The topological polar surface area (TPSA) is 89.8 Å². The number of aromatic nitrogens is 4. The number of hydrogen-bond acceptors (Lipinski definition) is 5. The van der Waals surface area contributed by atoms with Crippen molar-refractivity contribution in [1.29, 1.82) is 0 Å². The minimum atomic E-state index is -3.57. The van der Waals surface area contributed by atoms with E-state index < -0.39 is 10.0 Å². The lowest BCUT2D eigenvalue weighted by atomic mass is 10.2. The maximum absolute atomic E-state index is 12.5. The summed E-state index contributed by atoms with van der Waals surface area (Å²) in [4.78, 5) is 13.4. The van der Waals surface area contributed by atoms with Crippen molar-refractivity contribution in [2.45, 2.75) is 51.6 Å². The van der Waals surface area contributed by atoms with Crippen molar-refractivity contribution in [1.82, 2.24) is 24.2 Å². The van der Waals surface area contributed by atoms with Gasteiger partial charge in [0.05, 0.1) is 21.5 Å². The number of benzene rings is 1. The summed E-state index contributed by atoms with van der Waals surface area (Å²) in [5.41, 5.74) is 2.30. The van der Waals surface area contributed by atoms with E-state index in [2.05, 4.69) is 38.1 Å². The highest BCUT2D eigenvalue weighted by molar-refractivity contribution is 7.89. The second kappa shape index (κ2) is 6.77. The largest absolute Gasteiger partial charge is 0.321 e. The lowest BCUT2D eigenvalue weighted by Gasteiger charge is -2.13. The molecular weight excluding hydrogens is 350 g/mol. The number of aryl methyl sites for hydroxylation is 1. The van der Waals surface area contributed by atoms with Crippen molar-refractivity contribution in [3.8, 4) is 11.4 Å². The van der Waals surface area contributed by atoms with Crippen molar-refractivity contribution in [2.75, 3.05) is 0 Å². The molecule has 3 rings (SSSR count). The molecule has 0 unspecified atom stereocenters. The quantitative estimate of drug-likeness (QED) is 0.742. The van der Waals surface area contributed by atoms with E-state index in [1.165, 1.54) is 0 Å². The second-order valence-corrected chi connectivity index (χ2v) is 8.56. The standard InChI is InChI=1S/C18H23N5O2S/c1-11(2)22-26(24,25)15-6-7-17-16(8-15)21-18(23(17)12(3)4)14-9-19-13(5)20-10-14/h6-12,22H,1-5H3. The van der Waals surface area contributed by atoms with E-state index in [1.54, 1.807) is 44.4 Å². The van der Waals surface area contributed by atoms with Gasteiger partial charge < -0.3 is 4.57 Å². The molecule has 0 atom stereocenters. The van der Waals surface area contributed by atoms with E-state index in [0.29, 0.717) is 11.3 Å².